The van der Waals surface area contributed by atoms with Crippen LogP contribution in [0.15, 0.2) is 36.4 Å². The fourth-order valence-electron chi connectivity index (χ4n) is 2.82. The molecule has 0 bridgehead atoms. The summed E-state index contributed by atoms with van der Waals surface area (Å²) in [5, 5.41) is 8.65. The predicted molar refractivity (Wildman–Crippen MR) is 87.6 cm³/mol. The Kier molecular flexibility index (Phi) is 6.20. The summed E-state index contributed by atoms with van der Waals surface area (Å²) in [6, 6.07) is 6.72. The second kappa shape index (κ2) is 8.36. The average Bonchev–Trinajstić information content (AvgIpc) is 2.58. The molecule has 23 heavy (non-hydrogen) atoms. The van der Waals surface area contributed by atoms with E-state index in [4.69, 9.17) is 9.84 Å². The van der Waals surface area contributed by atoms with Crippen LogP contribution in [-0.4, -0.2) is 41.6 Å². The third kappa shape index (κ3) is 5.13. The van der Waals surface area contributed by atoms with Gasteiger partial charge in [0.25, 0.3) is 5.91 Å². The van der Waals surface area contributed by atoms with Gasteiger partial charge in [-0.25, -0.2) is 4.79 Å². The van der Waals surface area contributed by atoms with Crippen molar-refractivity contribution in [3.05, 3.63) is 42.0 Å². The molecule has 0 saturated carbocycles. The van der Waals surface area contributed by atoms with Gasteiger partial charge in [0.1, 0.15) is 5.75 Å². The average molecular weight is 317 g/mol. The van der Waals surface area contributed by atoms with Crippen molar-refractivity contribution < 1.29 is 19.4 Å². The van der Waals surface area contributed by atoms with Crippen LogP contribution in [0.25, 0.3) is 0 Å². The molecule has 1 amide bonds. The Bertz CT molecular complexity index is 582. The summed E-state index contributed by atoms with van der Waals surface area (Å²) in [5.41, 5.74) is 0.541. The van der Waals surface area contributed by atoms with E-state index in [0.717, 1.165) is 32.4 Å². The van der Waals surface area contributed by atoms with Crippen molar-refractivity contribution in [2.45, 2.75) is 26.2 Å². The number of likely N-dealkylation sites (tertiary alicyclic amines) is 1. The van der Waals surface area contributed by atoms with Gasteiger partial charge < -0.3 is 14.7 Å². The molecule has 5 heteroatoms. The molecule has 1 aliphatic rings. The molecule has 5 nitrogen and oxygen atoms in total. The highest BCUT2D eigenvalue weighted by Crippen LogP contribution is 2.23. The van der Waals surface area contributed by atoms with Crippen LogP contribution in [0.5, 0.6) is 5.75 Å². The Labute approximate surface area is 136 Å². The van der Waals surface area contributed by atoms with Gasteiger partial charge >= 0.3 is 5.97 Å². The van der Waals surface area contributed by atoms with Crippen LogP contribution in [0.3, 0.4) is 0 Å². The molecule has 1 heterocycles. The zero-order valence-electron chi connectivity index (χ0n) is 13.4. The highest BCUT2D eigenvalue weighted by Gasteiger charge is 2.24. The van der Waals surface area contributed by atoms with E-state index < -0.39 is 12.6 Å². The number of ether oxygens (including phenoxy) is 1. The van der Waals surface area contributed by atoms with Crippen LogP contribution in [0, 0.1) is 5.92 Å². The van der Waals surface area contributed by atoms with Gasteiger partial charge in [0.15, 0.2) is 6.61 Å². The minimum Gasteiger partial charge on any atom is -0.482 e. The number of piperidine rings is 1. The molecule has 1 N–H and O–H groups in total. The number of nitrogens with zero attached hydrogens (tertiary/aromatic N) is 1. The van der Waals surface area contributed by atoms with E-state index in [0.29, 0.717) is 17.2 Å². The summed E-state index contributed by atoms with van der Waals surface area (Å²) in [4.78, 5) is 25.1. The van der Waals surface area contributed by atoms with Gasteiger partial charge in [-0.2, -0.15) is 0 Å². The summed E-state index contributed by atoms with van der Waals surface area (Å²) < 4.78 is 5.14. The maximum absolute atomic E-state index is 12.6. The lowest BCUT2D eigenvalue weighted by molar-refractivity contribution is -0.139. The molecule has 1 aromatic rings. The van der Waals surface area contributed by atoms with E-state index in [-0.39, 0.29) is 5.91 Å². The molecule has 2 rings (SSSR count). The Morgan fingerprint density at radius 1 is 1.43 bits per heavy atom. The van der Waals surface area contributed by atoms with Gasteiger partial charge in [-0.1, -0.05) is 18.2 Å². The van der Waals surface area contributed by atoms with Gasteiger partial charge in [-0.15, -0.1) is 0 Å². The first-order chi connectivity index (χ1) is 11.1. The Morgan fingerprint density at radius 3 is 3.00 bits per heavy atom. The van der Waals surface area contributed by atoms with E-state index >= 15 is 0 Å². The second-order valence-electron chi connectivity index (χ2n) is 5.77. The van der Waals surface area contributed by atoms with Crippen molar-refractivity contribution in [3.8, 4) is 5.75 Å². The van der Waals surface area contributed by atoms with Gasteiger partial charge in [-0.3, -0.25) is 4.79 Å². The van der Waals surface area contributed by atoms with Crippen LogP contribution in [0.4, 0.5) is 0 Å². The van der Waals surface area contributed by atoms with E-state index in [2.05, 4.69) is 6.08 Å². The summed E-state index contributed by atoms with van der Waals surface area (Å²) in [6.07, 6.45) is 7.37. The normalized spacial score (nSPS) is 18.1. The minimum absolute atomic E-state index is 0.0176. The first-order valence-electron chi connectivity index (χ1n) is 7.95. The minimum atomic E-state index is -1.04. The maximum Gasteiger partial charge on any atom is 0.341 e. The van der Waals surface area contributed by atoms with E-state index in [1.165, 1.54) is 0 Å². The van der Waals surface area contributed by atoms with E-state index in [9.17, 15) is 9.59 Å². The smallest absolute Gasteiger partial charge is 0.341 e. The molecular weight excluding hydrogens is 294 g/mol. The van der Waals surface area contributed by atoms with Gasteiger partial charge in [-0.05, 0) is 50.3 Å². The first kappa shape index (κ1) is 17.1. The molecule has 1 unspecified atom stereocenters. The van der Waals surface area contributed by atoms with E-state index in [1.54, 1.807) is 24.3 Å². The molecule has 1 saturated heterocycles. The summed E-state index contributed by atoms with van der Waals surface area (Å²) in [7, 11) is 0. The number of hydrogen-bond acceptors (Lipinski definition) is 3. The molecule has 0 spiro atoms. The van der Waals surface area contributed by atoms with Crippen LogP contribution < -0.4 is 4.74 Å². The number of amides is 1. The zero-order chi connectivity index (χ0) is 16.7. The standard InChI is InChI=1S/C18H23NO4/c1-2-3-6-14-7-5-10-19(12-14)18(22)15-8-4-9-16(11-15)23-13-17(20)21/h2-4,8-9,11,14H,5-7,10,12-13H2,1H3,(H,20,21). The lowest BCUT2D eigenvalue weighted by atomic mass is 9.94. The number of hydrogen-bond donors (Lipinski definition) is 1. The highest BCUT2D eigenvalue weighted by molar-refractivity contribution is 5.94. The number of rotatable bonds is 6. The number of allylic oxidation sites excluding steroid dienone is 2. The fraction of sp³-hybridized carbons (Fsp3) is 0.444. The van der Waals surface area contributed by atoms with Crippen molar-refractivity contribution in [2.75, 3.05) is 19.7 Å². The molecule has 1 atom stereocenters. The fourth-order valence-corrected chi connectivity index (χ4v) is 2.82. The molecule has 1 fully saturated rings. The molecular formula is C18H23NO4. The number of benzene rings is 1. The monoisotopic (exact) mass is 317 g/mol. The lowest BCUT2D eigenvalue weighted by Crippen LogP contribution is -2.39. The van der Waals surface area contributed by atoms with Crippen LogP contribution in [-0.2, 0) is 4.79 Å². The second-order valence-corrected chi connectivity index (χ2v) is 5.77. The highest BCUT2D eigenvalue weighted by atomic mass is 16.5. The third-order valence-electron chi connectivity index (χ3n) is 3.95. The van der Waals surface area contributed by atoms with Crippen molar-refractivity contribution in [1.82, 2.24) is 4.90 Å². The van der Waals surface area contributed by atoms with Crippen molar-refractivity contribution in [2.24, 2.45) is 5.92 Å². The summed E-state index contributed by atoms with van der Waals surface area (Å²) >= 11 is 0. The van der Waals surface area contributed by atoms with Gasteiger partial charge in [0, 0.05) is 18.7 Å². The Hall–Kier alpha value is -2.30. The SMILES string of the molecule is CC=CCC1CCCN(C(=O)c2cccc(OCC(=O)O)c2)C1. The molecule has 124 valence electrons. The lowest BCUT2D eigenvalue weighted by Gasteiger charge is -2.32. The molecule has 1 aromatic carbocycles. The zero-order valence-corrected chi connectivity index (χ0v) is 13.4. The number of carbonyl (C=O) groups excluding carboxylic acids is 1. The maximum atomic E-state index is 12.6. The van der Waals surface area contributed by atoms with Crippen molar-refractivity contribution >= 4 is 11.9 Å². The molecule has 0 aromatic heterocycles. The van der Waals surface area contributed by atoms with E-state index in [1.807, 2.05) is 17.9 Å². The van der Waals surface area contributed by atoms with Gasteiger partial charge in [0.2, 0.25) is 0 Å². The number of carboxylic acid groups (broad SMARTS) is 1. The first-order valence-corrected chi connectivity index (χ1v) is 7.95. The quantitative estimate of drug-likeness (QED) is 0.819. The largest absolute Gasteiger partial charge is 0.482 e. The molecule has 1 aliphatic heterocycles. The third-order valence-corrected chi connectivity index (χ3v) is 3.95. The van der Waals surface area contributed by atoms with Crippen LogP contribution >= 0.6 is 0 Å². The number of aliphatic carboxylic acids is 1. The number of carboxylic acids is 1. The Balaban J connectivity index is 2.01. The molecule has 0 aliphatic carbocycles. The van der Waals surface area contributed by atoms with Crippen LogP contribution in [0.1, 0.15) is 36.5 Å². The summed E-state index contributed by atoms with van der Waals surface area (Å²) in [6.45, 7) is 3.13. The predicted octanol–water partition coefficient (Wildman–Crippen LogP) is 2.97. The number of carbonyl (C=O) groups is 2. The summed E-state index contributed by atoms with van der Waals surface area (Å²) in [5.74, 6) is -0.142. The topological polar surface area (TPSA) is 66.8 Å². The van der Waals surface area contributed by atoms with Crippen LogP contribution in [0.2, 0.25) is 0 Å². The van der Waals surface area contributed by atoms with Crippen molar-refractivity contribution in [1.29, 1.82) is 0 Å². The van der Waals surface area contributed by atoms with Gasteiger partial charge in [0.05, 0.1) is 0 Å². The van der Waals surface area contributed by atoms with Crippen molar-refractivity contribution in [3.63, 3.8) is 0 Å². The molecule has 0 radical (unpaired) electrons. The Morgan fingerprint density at radius 2 is 2.26 bits per heavy atom.